The van der Waals surface area contributed by atoms with Crippen LogP contribution in [0.4, 0.5) is 5.69 Å². The first kappa shape index (κ1) is 17.5. The van der Waals surface area contributed by atoms with E-state index < -0.39 is 21.8 Å². The number of anilines is 1. The Kier molecular flexibility index (Phi) is 6.17. The van der Waals surface area contributed by atoms with Crippen molar-refractivity contribution in [3.05, 3.63) is 24.3 Å². The Morgan fingerprint density at radius 3 is 2.33 bits per heavy atom. The third kappa shape index (κ3) is 7.10. The van der Waals surface area contributed by atoms with Crippen molar-refractivity contribution in [2.75, 3.05) is 17.3 Å². The van der Waals surface area contributed by atoms with E-state index in [0.717, 1.165) is 6.26 Å². The van der Waals surface area contributed by atoms with Crippen LogP contribution in [0, 0.1) is 0 Å². The topological polar surface area (TPSA) is 98.5 Å². The molecule has 0 aliphatic rings. The number of amides is 1. The molecule has 1 aromatic carbocycles. The van der Waals surface area contributed by atoms with Crippen molar-refractivity contribution >= 4 is 21.4 Å². The van der Waals surface area contributed by atoms with Crippen molar-refractivity contribution in [1.29, 1.82) is 0 Å². The van der Waals surface area contributed by atoms with Gasteiger partial charge >= 0.3 is 0 Å². The van der Waals surface area contributed by atoms with Gasteiger partial charge in [-0.05, 0) is 44.5 Å². The van der Waals surface area contributed by atoms with Crippen molar-refractivity contribution in [3.8, 4) is 5.75 Å². The molecule has 1 unspecified atom stereocenters. The molecule has 0 aliphatic heterocycles. The number of ether oxygens (including phenoxy) is 1. The van der Waals surface area contributed by atoms with E-state index in [2.05, 4.69) is 5.32 Å². The number of rotatable bonds is 7. The van der Waals surface area contributed by atoms with E-state index >= 15 is 0 Å². The molecule has 6 nitrogen and oxygen atoms in total. The fourth-order valence-corrected chi connectivity index (χ4v) is 2.28. The molecule has 1 atom stereocenters. The molecule has 0 spiro atoms. The van der Waals surface area contributed by atoms with E-state index in [1.807, 2.05) is 13.8 Å². The zero-order chi connectivity index (χ0) is 16.0. The normalized spacial score (nSPS) is 13.0. The van der Waals surface area contributed by atoms with Crippen LogP contribution in [0.2, 0.25) is 0 Å². The number of hydrogen-bond acceptors (Lipinski definition) is 5. The van der Waals surface area contributed by atoms with Gasteiger partial charge < -0.3 is 15.8 Å². The SMILES string of the molecule is CC(C)Oc1ccc(NC(=O)C(N)CCS(C)(=O)=O)cc1. The molecule has 0 bridgehead atoms. The molecule has 0 heterocycles. The van der Waals surface area contributed by atoms with Gasteiger partial charge in [0.1, 0.15) is 15.6 Å². The quantitative estimate of drug-likeness (QED) is 0.787. The third-order valence-corrected chi connectivity index (χ3v) is 3.61. The van der Waals surface area contributed by atoms with E-state index in [1.165, 1.54) is 0 Å². The third-order valence-electron chi connectivity index (χ3n) is 2.63. The minimum Gasteiger partial charge on any atom is -0.491 e. The molecule has 118 valence electrons. The predicted octanol–water partition coefficient (Wildman–Crippen LogP) is 1.17. The molecule has 0 aromatic heterocycles. The largest absolute Gasteiger partial charge is 0.491 e. The fraction of sp³-hybridized carbons (Fsp3) is 0.500. The van der Waals surface area contributed by atoms with Gasteiger partial charge in [-0.15, -0.1) is 0 Å². The molecule has 21 heavy (non-hydrogen) atoms. The van der Waals surface area contributed by atoms with Gasteiger partial charge in [0.05, 0.1) is 17.9 Å². The van der Waals surface area contributed by atoms with Crippen LogP contribution < -0.4 is 15.8 Å². The predicted molar refractivity (Wildman–Crippen MR) is 83.1 cm³/mol. The summed E-state index contributed by atoms with van der Waals surface area (Å²) in [4.78, 5) is 11.8. The van der Waals surface area contributed by atoms with Crippen LogP contribution in [0.25, 0.3) is 0 Å². The summed E-state index contributed by atoms with van der Waals surface area (Å²) in [7, 11) is -3.12. The van der Waals surface area contributed by atoms with Crippen molar-refractivity contribution in [3.63, 3.8) is 0 Å². The van der Waals surface area contributed by atoms with Gasteiger partial charge in [-0.3, -0.25) is 4.79 Å². The van der Waals surface area contributed by atoms with E-state index in [9.17, 15) is 13.2 Å². The minimum atomic E-state index is -3.12. The van der Waals surface area contributed by atoms with Crippen LogP contribution in [0.1, 0.15) is 20.3 Å². The number of sulfone groups is 1. The maximum absolute atomic E-state index is 11.8. The number of nitrogens with two attached hydrogens (primary N) is 1. The van der Waals surface area contributed by atoms with E-state index in [-0.39, 0.29) is 18.3 Å². The van der Waals surface area contributed by atoms with Crippen molar-refractivity contribution in [1.82, 2.24) is 0 Å². The maximum Gasteiger partial charge on any atom is 0.241 e. The van der Waals surface area contributed by atoms with Crippen LogP contribution in [-0.4, -0.2) is 38.5 Å². The zero-order valence-corrected chi connectivity index (χ0v) is 13.3. The van der Waals surface area contributed by atoms with Gasteiger partial charge in [-0.1, -0.05) is 0 Å². The van der Waals surface area contributed by atoms with Gasteiger partial charge in [0.15, 0.2) is 0 Å². The van der Waals surface area contributed by atoms with E-state index in [4.69, 9.17) is 10.5 Å². The summed E-state index contributed by atoms with van der Waals surface area (Å²) in [6.45, 7) is 3.85. The number of hydrogen-bond donors (Lipinski definition) is 2. The Bertz CT molecular complexity index is 567. The van der Waals surface area contributed by atoms with Gasteiger partial charge in [-0.25, -0.2) is 8.42 Å². The van der Waals surface area contributed by atoms with Crippen LogP contribution in [0.3, 0.4) is 0 Å². The molecular formula is C14H22N2O4S. The Morgan fingerprint density at radius 1 is 1.29 bits per heavy atom. The highest BCUT2D eigenvalue weighted by molar-refractivity contribution is 7.90. The first-order valence-electron chi connectivity index (χ1n) is 6.68. The zero-order valence-electron chi connectivity index (χ0n) is 12.5. The summed E-state index contributed by atoms with van der Waals surface area (Å²) in [6, 6.07) is 6.05. The average molecular weight is 314 g/mol. The Balaban J connectivity index is 2.54. The summed E-state index contributed by atoms with van der Waals surface area (Å²) in [5.74, 6) is 0.198. The molecule has 1 aromatic rings. The number of nitrogens with one attached hydrogen (secondary N) is 1. The van der Waals surface area contributed by atoms with Crippen molar-refractivity contribution in [2.24, 2.45) is 5.73 Å². The molecular weight excluding hydrogens is 292 g/mol. The Labute approximate surface area is 125 Å². The highest BCUT2D eigenvalue weighted by atomic mass is 32.2. The second-order valence-corrected chi connectivity index (χ2v) is 7.47. The lowest BCUT2D eigenvalue weighted by Gasteiger charge is -2.13. The highest BCUT2D eigenvalue weighted by Crippen LogP contribution is 2.17. The van der Waals surface area contributed by atoms with E-state index in [1.54, 1.807) is 24.3 Å². The van der Waals surface area contributed by atoms with Gasteiger partial charge in [0.25, 0.3) is 0 Å². The van der Waals surface area contributed by atoms with E-state index in [0.29, 0.717) is 11.4 Å². The Hall–Kier alpha value is -1.60. The van der Waals surface area contributed by atoms with Crippen LogP contribution in [0.5, 0.6) is 5.75 Å². The molecule has 0 radical (unpaired) electrons. The number of carbonyl (C=O) groups excluding carboxylic acids is 1. The maximum atomic E-state index is 11.8. The lowest BCUT2D eigenvalue weighted by Crippen LogP contribution is -2.37. The number of carbonyl (C=O) groups is 1. The van der Waals surface area contributed by atoms with Crippen LogP contribution >= 0.6 is 0 Å². The first-order chi connectivity index (χ1) is 9.67. The lowest BCUT2D eigenvalue weighted by atomic mass is 10.2. The molecule has 3 N–H and O–H groups in total. The van der Waals surface area contributed by atoms with Gasteiger partial charge in [0, 0.05) is 11.9 Å². The minimum absolute atomic E-state index is 0.0786. The standard InChI is InChI=1S/C14H22N2O4S/c1-10(2)20-12-6-4-11(5-7-12)16-14(17)13(15)8-9-21(3,18)19/h4-7,10,13H,8-9,15H2,1-3H3,(H,16,17). The molecule has 1 rings (SSSR count). The summed E-state index contributed by atoms with van der Waals surface area (Å²) >= 11 is 0. The first-order valence-corrected chi connectivity index (χ1v) is 8.74. The van der Waals surface area contributed by atoms with Gasteiger partial charge in [0.2, 0.25) is 5.91 Å². The molecule has 0 saturated heterocycles. The summed E-state index contributed by atoms with van der Waals surface area (Å²) < 4.78 is 27.6. The highest BCUT2D eigenvalue weighted by Gasteiger charge is 2.16. The summed E-state index contributed by atoms with van der Waals surface area (Å²) in [5.41, 5.74) is 6.26. The lowest BCUT2D eigenvalue weighted by molar-refractivity contribution is -0.117. The average Bonchev–Trinajstić information content (AvgIpc) is 2.36. The van der Waals surface area contributed by atoms with Crippen LogP contribution in [0.15, 0.2) is 24.3 Å². The molecule has 7 heteroatoms. The second kappa shape index (κ2) is 7.42. The number of benzene rings is 1. The summed E-state index contributed by atoms with van der Waals surface area (Å²) in [5, 5.41) is 2.64. The Morgan fingerprint density at radius 2 is 1.86 bits per heavy atom. The smallest absolute Gasteiger partial charge is 0.241 e. The molecule has 0 saturated carbocycles. The molecule has 0 aliphatic carbocycles. The monoisotopic (exact) mass is 314 g/mol. The fourth-order valence-electron chi connectivity index (χ4n) is 1.60. The molecule has 0 fully saturated rings. The second-order valence-electron chi connectivity index (χ2n) is 5.21. The summed E-state index contributed by atoms with van der Waals surface area (Å²) in [6.07, 6.45) is 1.29. The molecule has 1 amide bonds. The van der Waals surface area contributed by atoms with Gasteiger partial charge in [-0.2, -0.15) is 0 Å². The van der Waals surface area contributed by atoms with Crippen LogP contribution in [-0.2, 0) is 14.6 Å². The van der Waals surface area contributed by atoms with Crippen molar-refractivity contribution in [2.45, 2.75) is 32.4 Å². The van der Waals surface area contributed by atoms with Crippen molar-refractivity contribution < 1.29 is 17.9 Å².